The fourth-order valence-corrected chi connectivity index (χ4v) is 3.46. The summed E-state index contributed by atoms with van der Waals surface area (Å²) in [4.78, 5) is 9.00. The summed E-state index contributed by atoms with van der Waals surface area (Å²) in [6.07, 6.45) is 23.0. The molecule has 2 amide bonds. The van der Waals surface area contributed by atoms with Gasteiger partial charge in [-0.3, -0.25) is 0 Å². The molecule has 0 aliphatic rings. The summed E-state index contributed by atoms with van der Waals surface area (Å²) in [5.41, 5.74) is 8.50. The molecule has 0 saturated carbocycles. The van der Waals surface area contributed by atoms with E-state index in [1.807, 2.05) is 0 Å². The van der Waals surface area contributed by atoms with Gasteiger partial charge in [0.25, 0.3) is 0 Å². The summed E-state index contributed by atoms with van der Waals surface area (Å²) in [5, 5.41) is 0. The number of rotatable bonds is 18. The topological polar surface area (TPSA) is 69.1 Å². The van der Waals surface area contributed by atoms with E-state index < -0.39 is 6.03 Å². The van der Waals surface area contributed by atoms with Crippen molar-refractivity contribution in [1.29, 1.82) is 0 Å². The van der Waals surface area contributed by atoms with E-state index in [4.69, 9.17) is 4.79 Å². The van der Waals surface area contributed by atoms with E-state index in [-0.39, 0.29) is 0 Å². The van der Waals surface area contributed by atoms with Gasteiger partial charge in [0.2, 0.25) is 0 Å². The molecule has 0 saturated heterocycles. The lowest BCUT2D eigenvalue weighted by Gasteiger charge is -2.30. The molecule has 0 atom stereocenters. The van der Waals surface area contributed by atoms with Crippen LogP contribution in [-0.4, -0.2) is 37.7 Å². The highest BCUT2D eigenvalue weighted by Gasteiger charge is 2.13. The maximum absolute atomic E-state index is 9.00. The van der Waals surface area contributed by atoms with Gasteiger partial charge in [0.1, 0.15) is 0 Å². The van der Waals surface area contributed by atoms with Gasteiger partial charge in [-0.25, -0.2) is 4.79 Å². The van der Waals surface area contributed by atoms with E-state index in [0.717, 1.165) is 0 Å². The van der Waals surface area contributed by atoms with Crippen molar-refractivity contribution >= 4 is 6.03 Å². The maximum atomic E-state index is 9.00. The minimum Gasteiger partial charge on any atom is -0.352 e. The van der Waals surface area contributed by atoms with Crippen LogP contribution in [0, 0.1) is 0 Å². The summed E-state index contributed by atoms with van der Waals surface area (Å²) in [5.74, 6) is 0. The van der Waals surface area contributed by atoms with Crippen molar-refractivity contribution < 1.29 is 9.28 Å². The maximum Gasteiger partial charge on any atom is 0.309 e. The van der Waals surface area contributed by atoms with Crippen molar-refractivity contribution in [1.82, 2.24) is 0 Å². The van der Waals surface area contributed by atoms with Crippen molar-refractivity contribution in [3.05, 3.63) is 0 Å². The molecular weight excluding hydrogens is 334 g/mol. The van der Waals surface area contributed by atoms with Crippen LogP contribution in [0.1, 0.15) is 117 Å². The monoisotopic (exact) mass is 386 g/mol. The molecule has 4 N–H and O–H groups in total. The summed E-state index contributed by atoms with van der Waals surface area (Å²) >= 11 is 0. The molecule has 0 unspecified atom stereocenters. The first-order valence-corrected chi connectivity index (χ1v) is 11.7. The van der Waals surface area contributed by atoms with E-state index in [1.54, 1.807) is 0 Å². The summed E-state index contributed by atoms with van der Waals surface area (Å²) < 4.78 is 1.24. The molecule has 0 heterocycles. The number of amides is 2. The normalized spacial score (nSPS) is 11.1. The minimum absolute atomic E-state index is 0.833. The first-order chi connectivity index (χ1) is 12.9. The highest BCUT2D eigenvalue weighted by Crippen LogP contribution is 2.13. The predicted octanol–water partition coefficient (Wildman–Crippen LogP) is 6.37. The molecule has 4 heteroatoms. The molecule has 164 valence electrons. The highest BCUT2D eigenvalue weighted by atomic mass is 16.2. The van der Waals surface area contributed by atoms with E-state index in [2.05, 4.69) is 39.4 Å². The largest absolute Gasteiger partial charge is 0.352 e. The average molecular weight is 387 g/mol. The fourth-order valence-electron chi connectivity index (χ4n) is 3.46. The Morgan fingerprint density at radius 2 is 0.778 bits per heavy atom. The summed E-state index contributed by atoms with van der Waals surface area (Å²) in [6.45, 7) is 7.36. The van der Waals surface area contributed by atoms with Crippen molar-refractivity contribution in [3.8, 4) is 0 Å². The third-order valence-electron chi connectivity index (χ3n) is 5.23. The Hall–Kier alpha value is -0.770. The molecule has 0 rings (SSSR count). The number of nitrogens with two attached hydrogens (primary N) is 2. The van der Waals surface area contributed by atoms with Crippen LogP contribution in [-0.2, 0) is 0 Å². The molecule has 4 nitrogen and oxygen atoms in total. The predicted molar refractivity (Wildman–Crippen MR) is 121 cm³/mol. The van der Waals surface area contributed by atoms with Gasteiger partial charge < -0.3 is 16.0 Å². The lowest BCUT2D eigenvalue weighted by atomic mass is 10.1. The number of unbranched alkanes of at least 4 members (excludes halogenated alkanes) is 14. The van der Waals surface area contributed by atoms with Gasteiger partial charge >= 0.3 is 6.03 Å². The zero-order chi connectivity index (χ0) is 20.8. The van der Waals surface area contributed by atoms with Crippen LogP contribution >= 0.6 is 0 Å². The van der Waals surface area contributed by atoms with Gasteiger partial charge in [0.05, 0.1) is 27.2 Å². The summed E-state index contributed by atoms with van der Waals surface area (Å²) in [6, 6.07) is -0.833. The molecule has 0 aromatic rings. The van der Waals surface area contributed by atoms with Crippen LogP contribution in [0.2, 0.25) is 0 Å². The zero-order valence-electron chi connectivity index (χ0n) is 19.2. The van der Waals surface area contributed by atoms with Gasteiger partial charge in [-0.1, -0.05) is 90.9 Å². The van der Waals surface area contributed by atoms with E-state index >= 15 is 0 Å². The van der Waals surface area contributed by atoms with E-state index in [0.29, 0.717) is 0 Å². The molecule has 0 spiro atoms. The van der Waals surface area contributed by atoms with Crippen molar-refractivity contribution in [2.24, 2.45) is 11.5 Å². The Labute approximate surface area is 171 Å². The quantitative estimate of drug-likeness (QED) is 0.208. The minimum atomic E-state index is -0.833. The van der Waals surface area contributed by atoms with Gasteiger partial charge in [-0.05, 0) is 25.7 Å². The Morgan fingerprint density at radius 3 is 1.04 bits per heavy atom. The Bertz CT molecular complexity index is 280. The number of hydrogen-bond acceptors (Lipinski definition) is 1. The van der Waals surface area contributed by atoms with Crippen molar-refractivity contribution in [2.45, 2.75) is 117 Å². The van der Waals surface area contributed by atoms with Crippen LogP contribution in [0.5, 0.6) is 0 Å². The number of nitrogens with zero attached hydrogens (tertiary/aromatic N) is 1. The number of carbonyl (C=O) groups is 1. The van der Waals surface area contributed by atoms with Gasteiger partial charge in [-0.2, -0.15) is 0 Å². The lowest BCUT2D eigenvalue weighted by molar-refractivity contribution is -0.890. The molecular formula is C23H52N3O+. The fraction of sp³-hybridized carbons (Fsp3) is 0.957. The van der Waals surface area contributed by atoms with Gasteiger partial charge in [-0.15, -0.1) is 0 Å². The second kappa shape index (κ2) is 21.5. The van der Waals surface area contributed by atoms with Crippen LogP contribution in [0.25, 0.3) is 0 Å². The second-order valence-electron chi connectivity index (χ2n) is 8.74. The molecule has 0 radical (unpaired) electrons. The Kier molecular flexibility index (Phi) is 22.7. The van der Waals surface area contributed by atoms with Crippen LogP contribution in [0.15, 0.2) is 0 Å². The van der Waals surface area contributed by atoms with E-state index in [9.17, 15) is 0 Å². The molecule has 0 bridgehead atoms. The van der Waals surface area contributed by atoms with E-state index in [1.165, 1.54) is 120 Å². The molecule has 0 fully saturated rings. The zero-order valence-corrected chi connectivity index (χ0v) is 19.2. The standard InChI is InChI=1S/C22H48N.CH4N2O/c1-5-7-9-11-13-15-17-19-21-23(3,4)22-20-18-16-14-12-10-8-6-2;2-1(3)4/h5-22H2,1-4H3;(H4,2,3,4)/q+1;. The van der Waals surface area contributed by atoms with Gasteiger partial charge in [0, 0.05) is 0 Å². The molecule has 0 aliphatic heterocycles. The number of urea groups is 1. The average Bonchev–Trinajstić information content (AvgIpc) is 2.59. The number of primary amides is 2. The van der Waals surface area contributed by atoms with Crippen LogP contribution < -0.4 is 11.5 Å². The number of quaternary nitrogens is 1. The van der Waals surface area contributed by atoms with Gasteiger partial charge in [0.15, 0.2) is 0 Å². The number of hydrogen-bond donors (Lipinski definition) is 2. The third kappa shape index (κ3) is 30.2. The SMILES string of the molecule is CCCCCCCCCC[N+](C)(C)CCCCCCCCCC.NC(N)=O. The van der Waals surface area contributed by atoms with Crippen LogP contribution in [0.3, 0.4) is 0 Å². The van der Waals surface area contributed by atoms with Crippen LogP contribution in [0.4, 0.5) is 4.79 Å². The molecule has 0 aromatic carbocycles. The first-order valence-electron chi connectivity index (χ1n) is 11.7. The smallest absolute Gasteiger partial charge is 0.309 e. The highest BCUT2D eigenvalue weighted by molar-refractivity contribution is 5.69. The third-order valence-corrected chi connectivity index (χ3v) is 5.23. The first kappa shape index (κ1) is 28.4. The second-order valence-corrected chi connectivity index (χ2v) is 8.74. The lowest BCUT2D eigenvalue weighted by Crippen LogP contribution is -2.41. The molecule has 0 aliphatic carbocycles. The van der Waals surface area contributed by atoms with Crippen molar-refractivity contribution in [3.63, 3.8) is 0 Å². The molecule has 0 aromatic heterocycles. The summed E-state index contributed by atoms with van der Waals surface area (Å²) in [7, 11) is 4.87. The Balaban J connectivity index is 0. The van der Waals surface area contributed by atoms with Crippen molar-refractivity contribution in [2.75, 3.05) is 27.2 Å². The number of carbonyl (C=O) groups excluding carboxylic acids is 1. The molecule has 27 heavy (non-hydrogen) atoms. The Morgan fingerprint density at radius 1 is 0.556 bits per heavy atom.